The molecule has 2 radical (unpaired) electrons. The van der Waals surface area contributed by atoms with E-state index in [1.54, 1.807) is 0 Å². The van der Waals surface area contributed by atoms with Gasteiger partial charge in [-0.2, -0.15) is 0 Å². The summed E-state index contributed by atoms with van der Waals surface area (Å²) in [5.74, 6) is 0. The second-order valence-electron chi connectivity index (χ2n) is 0.513. The molecule has 0 amide bonds. The Balaban J connectivity index is -0.0000000267. The van der Waals surface area contributed by atoms with Crippen molar-refractivity contribution in [1.29, 1.82) is 0 Å². The molecular weight excluding hydrogens is 238 g/mol. The fourth-order valence-corrected chi connectivity index (χ4v) is 0. The van der Waals surface area contributed by atoms with Crippen molar-refractivity contribution in [2.75, 3.05) is 0 Å². The van der Waals surface area contributed by atoms with E-state index >= 15 is 0 Å². The largest absolute Gasteiger partial charge is 0.466 e. The van der Waals surface area contributed by atoms with E-state index in [1.807, 2.05) is 0 Å². The molecule has 5 nitrogen and oxygen atoms in total. The van der Waals surface area contributed by atoms with Gasteiger partial charge in [0.15, 0.2) is 0 Å². The molecule has 0 heterocycles. The number of phosphoric acid groups is 1. The van der Waals surface area contributed by atoms with E-state index in [2.05, 4.69) is 0 Å². The van der Waals surface area contributed by atoms with Crippen LogP contribution in [0.5, 0.6) is 0 Å². The van der Waals surface area contributed by atoms with Gasteiger partial charge in [0, 0.05) is 34.1 Å². The third-order valence-corrected chi connectivity index (χ3v) is 0. The Morgan fingerprint density at radius 1 is 1.00 bits per heavy atom. The summed E-state index contributed by atoms with van der Waals surface area (Å²) >= 11 is 0. The minimum absolute atomic E-state index is 0. The first-order chi connectivity index (χ1) is 2.00. The van der Waals surface area contributed by atoms with Crippen LogP contribution >= 0.6 is 7.82 Å². The van der Waals surface area contributed by atoms with Crippen molar-refractivity contribution in [3.8, 4) is 0 Å². The predicted octanol–water partition coefficient (Wildman–Crippen LogP) is -1.76. The van der Waals surface area contributed by atoms with Crippen molar-refractivity contribution >= 4 is 7.82 Å². The Hall–Kier alpha value is 1.11. The maximum Gasteiger partial charge on any atom is 0.466 e. The van der Waals surface area contributed by atoms with Gasteiger partial charge in [-0.05, 0) is 0 Å². The molecule has 0 bridgehead atoms. The van der Waals surface area contributed by atoms with Crippen LogP contribution in [0.4, 0.5) is 0 Å². The van der Waals surface area contributed by atoms with Crippen molar-refractivity contribution < 1.29 is 58.9 Å². The number of hydrogen-bond donors (Lipinski definition) is 3. The van der Waals surface area contributed by atoms with Crippen LogP contribution in [0.25, 0.3) is 0 Å². The van der Waals surface area contributed by atoms with Crippen LogP contribution in [-0.2, 0) is 38.7 Å². The van der Waals surface area contributed by atoms with Crippen molar-refractivity contribution in [3.63, 3.8) is 0 Å². The molecule has 0 aromatic heterocycles. The maximum atomic E-state index is 8.88. The molecule has 0 saturated heterocycles. The summed E-state index contributed by atoms with van der Waals surface area (Å²) in [6.45, 7) is 0. The molecule has 0 aliphatic carbocycles. The van der Waals surface area contributed by atoms with E-state index in [0.717, 1.165) is 0 Å². The van der Waals surface area contributed by atoms with E-state index in [4.69, 9.17) is 19.2 Å². The summed E-state index contributed by atoms with van der Waals surface area (Å²) in [7, 11) is -4.64. The molecule has 0 aromatic carbocycles. The van der Waals surface area contributed by atoms with E-state index in [9.17, 15) is 0 Å². The molecule has 5 N–H and O–H groups in total. The topological polar surface area (TPSA) is 109 Å². The van der Waals surface area contributed by atoms with Gasteiger partial charge in [0.1, 0.15) is 0 Å². The van der Waals surface area contributed by atoms with Gasteiger partial charge in [-0.1, -0.05) is 0 Å². The molecule has 0 saturated carbocycles. The van der Waals surface area contributed by atoms with Crippen LogP contribution in [0.1, 0.15) is 0 Å². The van der Waals surface area contributed by atoms with Gasteiger partial charge in [-0.25, -0.2) is 4.57 Å². The summed E-state index contributed by atoms with van der Waals surface area (Å²) in [5, 5.41) is 0. The zero-order valence-electron chi connectivity index (χ0n) is 3.30. The first kappa shape index (κ1) is 22.9. The fraction of sp³-hybridized carbons (Fsp3) is 0. The summed E-state index contributed by atoms with van der Waals surface area (Å²) in [6.07, 6.45) is 0. The molecule has 0 spiro atoms. The monoisotopic (exact) mass is 242 g/mol. The van der Waals surface area contributed by atoms with Crippen molar-refractivity contribution in [3.05, 3.63) is 0 Å². The molecule has 0 aliphatic rings. The summed E-state index contributed by atoms with van der Waals surface area (Å²) < 4.78 is 8.88. The molecule has 62 valence electrons. The van der Waals surface area contributed by atoms with E-state index in [-0.39, 0.29) is 39.6 Å². The minimum atomic E-state index is -4.64. The molecule has 0 rings (SSSR count). The smallest absolute Gasteiger partial charge is 0.412 e. The molecule has 0 unspecified atom stereocenters. The molecule has 0 aromatic rings. The van der Waals surface area contributed by atoms with Crippen molar-refractivity contribution in [2.24, 2.45) is 0 Å². The second kappa shape index (κ2) is 8.11. The van der Waals surface area contributed by atoms with E-state index < -0.39 is 7.82 Å². The summed E-state index contributed by atoms with van der Waals surface area (Å²) in [6, 6.07) is 0. The Morgan fingerprint density at radius 2 is 1.00 bits per heavy atom. The Labute approximate surface area is 67.0 Å². The Morgan fingerprint density at radius 3 is 1.00 bits per heavy atom. The van der Waals surface area contributed by atoms with Crippen LogP contribution in [0.15, 0.2) is 0 Å². The normalized spacial score (nSPS) is 7.38. The van der Waals surface area contributed by atoms with Crippen molar-refractivity contribution in [2.45, 2.75) is 0 Å². The van der Waals surface area contributed by atoms with Gasteiger partial charge in [0.2, 0.25) is 0 Å². The van der Waals surface area contributed by atoms with Crippen LogP contribution in [-0.4, -0.2) is 20.2 Å². The van der Waals surface area contributed by atoms with Crippen LogP contribution in [0.3, 0.4) is 0 Å². The fourth-order valence-electron chi connectivity index (χ4n) is 0. The van der Waals surface area contributed by atoms with Gasteiger partial charge < -0.3 is 20.2 Å². The van der Waals surface area contributed by atoms with Gasteiger partial charge in [0.05, 0.1) is 0 Å². The molecule has 0 fully saturated rings. The van der Waals surface area contributed by atoms with Crippen LogP contribution in [0.2, 0.25) is 0 Å². The Bertz CT molecular complexity index is 56.6. The predicted molar refractivity (Wildman–Crippen MR) is 17.9 cm³/mol. The molecule has 8 heavy (non-hydrogen) atoms. The number of hydrogen-bond acceptors (Lipinski definition) is 1. The van der Waals surface area contributed by atoms with Gasteiger partial charge in [0.25, 0.3) is 0 Å². The minimum Gasteiger partial charge on any atom is -0.412 e. The third-order valence-electron chi connectivity index (χ3n) is 0. The van der Waals surface area contributed by atoms with Gasteiger partial charge in [-0.15, -0.1) is 0 Å². The second-order valence-corrected chi connectivity index (χ2v) is 1.54. The molecule has 0 atom stereocenters. The standard InChI is InChI=1S/2Cu.H3O4P.H2O/c;;1-5(2,3)4;/h;;(H3,1,2,3,4);1H2. The quantitative estimate of drug-likeness (QED) is 0.346. The Kier molecular flexibility index (Phi) is 23.3. The summed E-state index contributed by atoms with van der Waals surface area (Å²) in [4.78, 5) is 21.6. The molecule has 8 heteroatoms. The van der Waals surface area contributed by atoms with E-state index in [1.165, 1.54) is 0 Å². The molecular formula is H5Cu2O5P. The van der Waals surface area contributed by atoms with Gasteiger partial charge >= 0.3 is 7.82 Å². The van der Waals surface area contributed by atoms with E-state index in [0.29, 0.717) is 0 Å². The third kappa shape index (κ3) is 216. The number of rotatable bonds is 0. The first-order valence-corrected chi connectivity index (χ1v) is 2.35. The zero-order valence-corrected chi connectivity index (χ0v) is 6.08. The summed E-state index contributed by atoms with van der Waals surface area (Å²) in [5.41, 5.74) is 0. The average molecular weight is 243 g/mol. The van der Waals surface area contributed by atoms with Crippen LogP contribution < -0.4 is 0 Å². The maximum absolute atomic E-state index is 8.88. The zero-order chi connectivity index (χ0) is 4.50. The van der Waals surface area contributed by atoms with Crippen LogP contribution in [0, 0.1) is 0 Å². The SMILES string of the molecule is O.O=P(O)(O)O.[Cu].[Cu]. The van der Waals surface area contributed by atoms with Crippen molar-refractivity contribution in [1.82, 2.24) is 0 Å². The molecule has 0 aliphatic heterocycles. The van der Waals surface area contributed by atoms with Gasteiger partial charge in [-0.3, -0.25) is 0 Å². The first-order valence-electron chi connectivity index (χ1n) is 0.783. The average Bonchev–Trinajstić information content (AvgIpc) is 0.722.